The number of anilines is 1. The van der Waals surface area contributed by atoms with Crippen molar-refractivity contribution in [2.24, 2.45) is 0 Å². The van der Waals surface area contributed by atoms with Gasteiger partial charge in [0.05, 0.1) is 10.6 Å². The first-order valence-electron chi connectivity index (χ1n) is 7.96. The second kappa shape index (κ2) is 6.37. The van der Waals surface area contributed by atoms with Gasteiger partial charge in [-0.3, -0.25) is 4.79 Å². The van der Waals surface area contributed by atoms with Gasteiger partial charge >= 0.3 is 0 Å². The molecule has 1 N–H and O–H groups in total. The molecule has 0 aliphatic heterocycles. The van der Waals surface area contributed by atoms with Gasteiger partial charge in [-0.05, 0) is 49.7 Å². The quantitative estimate of drug-likeness (QED) is 0.763. The second-order valence-electron chi connectivity index (χ2n) is 5.94. The summed E-state index contributed by atoms with van der Waals surface area (Å²) in [5.41, 5.74) is 3.02. The number of sulfone groups is 1. The Bertz CT molecular complexity index is 1050. The molecule has 3 aromatic rings. The summed E-state index contributed by atoms with van der Waals surface area (Å²) in [5, 5.41) is 3.65. The lowest BCUT2D eigenvalue weighted by atomic mass is 10.1. The third kappa shape index (κ3) is 3.30. The van der Waals surface area contributed by atoms with Gasteiger partial charge in [0.25, 0.3) is 5.91 Å². The average Bonchev–Trinajstić information content (AvgIpc) is 2.91. The molecule has 0 saturated carbocycles. The summed E-state index contributed by atoms with van der Waals surface area (Å²) in [6, 6.07) is 11.9. The van der Waals surface area contributed by atoms with Crippen molar-refractivity contribution in [2.45, 2.75) is 25.7 Å². The Kier molecular flexibility index (Phi) is 4.39. The first kappa shape index (κ1) is 17.2. The van der Waals surface area contributed by atoms with Gasteiger partial charge in [0.1, 0.15) is 5.58 Å². The molecule has 0 fully saturated rings. The summed E-state index contributed by atoms with van der Waals surface area (Å²) in [6.45, 7) is 5.40. The maximum atomic E-state index is 12.5. The zero-order valence-electron chi connectivity index (χ0n) is 14.3. The molecule has 2 aromatic carbocycles. The molecule has 0 saturated heterocycles. The van der Waals surface area contributed by atoms with Crippen LogP contribution in [0.3, 0.4) is 0 Å². The van der Waals surface area contributed by atoms with Crippen LogP contribution in [0.4, 0.5) is 5.69 Å². The molecule has 0 spiro atoms. The van der Waals surface area contributed by atoms with E-state index in [0.29, 0.717) is 11.3 Å². The van der Waals surface area contributed by atoms with Crippen LogP contribution in [0.25, 0.3) is 11.0 Å². The number of benzene rings is 2. The first-order valence-corrected chi connectivity index (χ1v) is 9.61. The number of rotatable bonds is 4. The highest BCUT2D eigenvalue weighted by Crippen LogP contribution is 2.27. The van der Waals surface area contributed by atoms with Gasteiger partial charge in [0.2, 0.25) is 0 Å². The summed E-state index contributed by atoms with van der Waals surface area (Å²) in [6.07, 6.45) is 0. The monoisotopic (exact) mass is 357 g/mol. The largest absolute Gasteiger partial charge is 0.451 e. The fraction of sp³-hybridized carbons (Fsp3) is 0.211. The first-order chi connectivity index (χ1) is 11.8. The van der Waals surface area contributed by atoms with Crippen molar-refractivity contribution >= 4 is 32.4 Å². The van der Waals surface area contributed by atoms with Crippen molar-refractivity contribution < 1.29 is 17.6 Å². The van der Waals surface area contributed by atoms with Gasteiger partial charge in [-0.15, -0.1) is 0 Å². The average molecular weight is 357 g/mol. The van der Waals surface area contributed by atoms with Gasteiger partial charge in [0, 0.05) is 16.6 Å². The van der Waals surface area contributed by atoms with Crippen LogP contribution in [0.2, 0.25) is 0 Å². The van der Waals surface area contributed by atoms with Gasteiger partial charge in [-0.25, -0.2) is 8.42 Å². The van der Waals surface area contributed by atoms with E-state index in [0.717, 1.165) is 16.5 Å². The lowest BCUT2D eigenvalue weighted by Gasteiger charge is -2.06. The maximum Gasteiger partial charge on any atom is 0.291 e. The third-order valence-electron chi connectivity index (χ3n) is 4.15. The molecule has 0 aliphatic rings. The Morgan fingerprint density at radius 2 is 1.76 bits per heavy atom. The van der Waals surface area contributed by atoms with Crippen molar-refractivity contribution in [3.63, 3.8) is 0 Å². The Balaban J connectivity index is 1.86. The summed E-state index contributed by atoms with van der Waals surface area (Å²) >= 11 is 0. The van der Waals surface area contributed by atoms with Crippen molar-refractivity contribution in [3.8, 4) is 0 Å². The molecule has 0 aliphatic carbocycles. The SMILES string of the molecule is CCS(=O)(=O)c1ccc(NC(=O)c2oc3cc(C)ccc3c2C)cc1. The van der Waals surface area contributed by atoms with E-state index in [4.69, 9.17) is 4.42 Å². The number of carbonyl (C=O) groups is 1. The Morgan fingerprint density at radius 1 is 1.08 bits per heavy atom. The van der Waals surface area contributed by atoms with E-state index in [1.54, 1.807) is 19.1 Å². The molecule has 0 atom stereocenters. The van der Waals surface area contributed by atoms with E-state index >= 15 is 0 Å². The van der Waals surface area contributed by atoms with Crippen molar-refractivity contribution in [1.82, 2.24) is 0 Å². The molecule has 0 radical (unpaired) electrons. The summed E-state index contributed by atoms with van der Waals surface area (Å²) < 4.78 is 29.4. The van der Waals surface area contributed by atoms with Gasteiger partial charge in [0.15, 0.2) is 15.6 Å². The summed E-state index contributed by atoms with van der Waals surface area (Å²) in [7, 11) is -3.25. The number of aryl methyl sites for hydroxylation is 2. The molecule has 5 nitrogen and oxygen atoms in total. The molecular formula is C19H19NO4S. The second-order valence-corrected chi connectivity index (χ2v) is 8.22. The fourth-order valence-electron chi connectivity index (χ4n) is 2.65. The van der Waals surface area contributed by atoms with E-state index in [2.05, 4.69) is 5.32 Å². The number of fused-ring (bicyclic) bond motifs is 1. The van der Waals surface area contributed by atoms with Gasteiger partial charge in [-0.1, -0.05) is 19.1 Å². The number of amides is 1. The highest BCUT2D eigenvalue weighted by atomic mass is 32.2. The standard InChI is InChI=1S/C19H19NO4S/c1-4-25(22,23)15-8-6-14(7-9-15)20-19(21)18-13(3)16-10-5-12(2)11-17(16)24-18/h5-11H,4H2,1-3H3,(H,20,21). The van der Waals surface area contributed by atoms with E-state index in [1.165, 1.54) is 12.1 Å². The predicted octanol–water partition coefficient (Wildman–Crippen LogP) is 4.10. The molecule has 0 bridgehead atoms. The van der Waals surface area contributed by atoms with Crippen LogP contribution >= 0.6 is 0 Å². The van der Waals surface area contributed by atoms with Crippen LogP contribution in [0.1, 0.15) is 28.6 Å². The van der Waals surface area contributed by atoms with Gasteiger partial charge in [-0.2, -0.15) is 0 Å². The minimum Gasteiger partial charge on any atom is -0.451 e. The predicted molar refractivity (Wildman–Crippen MR) is 97.8 cm³/mol. The third-order valence-corrected chi connectivity index (χ3v) is 5.90. The van der Waals surface area contributed by atoms with Crippen LogP contribution in [-0.2, 0) is 9.84 Å². The van der Waals surface area contributed by atoms with E-state index in [-0.39, 0.29) is 22.3 Å². The lowest BCUT2D eigenvalue weighted by Crippen LogP contribution is -2.12. The normalized spacial score (nSPS) is 11.6. The fourth-order valence-corrected chi connectivity index (χ4v) is 3.53. The van der Waals surface area contributed by atoms with Crippen LogP contribution < -0.4 is 5.32 Å². The van der Waals surface area contributed by atoms with Gasteiger partial charge < -0.3 is 9.73 Å². The number of furan rings is 1. The molecule has 1 amide bonds. The molecule has 0 unspecified atom stereocenters. The highest BCUT2D eigenvalue weighted by Gasteiger charge is 2.18. The molecule has 1 heterocycles. The van der Waals surface area contributed by atoms with Crippen LogP contribution in [-0.4, -0.2) is 20.1 Å². The number of nitrogens with one attached hydrogen (secondary N) is 1. The minimum absolute atomic E-state index is 0.0380. The molecule has 130 valence electrons. The van der Waals surface area contributed by atoms with E-state index in [9.17, 15) is 13.2 Å². The smallest absolute Gasteiger partial charge is 0.291 e. The Labute approximate surface area is 146 Å². The van der Waals surface area contributed by atoms with Crippen molar-refractivity contribution in [1.29, 1.82) is 0 Å². The van der Waals surface area contributed by atoms with Crippen LogP contribution in [0.5, 0.6) is 0 Å². The molecule has 1 aromatic heterocycles. The summed E-state index contributed by atoms with van der Waals surface area (Å²) in [5.74, 6) is -0.0701. The zero-order chi connectivity index (χ0) is 18.2. The highest BCUT2D eigenvalue weighted by molar-refractivity contribution is 7.91. The lowest BCUT2D eigenvalue weighted by molar-refractivity contribution is 0.0998. The molecule has 6 heteroatoms. The Morgan fingerprint density at radius 3 is 2.40 bits per heavy atom. The van der Waals surface area contributed by atoms with E-state index < -0.39 is 9.84 Å². The maximum absolute atomic E-state index is 12.5. The van der Waals surface area contributed by atoms with Crippen LogP contribution in [0.15, 0.2) is 51.8 Å². The minimum atomic E-state index is -3.25. The van der Waals surface area contributed by atoms with Crippen molar-refractivity contribution in [2.75, 3.05) is 11.1 Å². The molecule has 25 heavy (non-hydrogen) atoms. The number of hydrogen-bond donors (Lipinski definition) is 1. The number of hydrogen-bond acceptors (Lipinski definition) is 4. The van der Waals surface area contributed by atoms with Crippen molar-refractivity contribution in [3.05, 3.63) is 59.4 Å². The summed E-state index contributed by atoms with van der Waals surface area (Å²) in [4.78, 5) is 12.7. The zero-order valence-corrected chi connectivity index (χ0v) is 15.1. The van der Waals surface area contributed by atoms with Crippen LogP contribution in [0, 0.1) is 13.8 Å². The Hall–Kier alpha value is -2.60. The number of carbonyl (C=O) groups excluding carboxylic acids is 1. The topological polar surface area (TPSA) is 76.4 Å². The molecular weight excluding hydrogens is 338 g/mol. The van der Waals surface area contributed by atoms with E-state index in [1.807, 2.05) is 32.0 Å². The molecule has 3 rings (SSSR count).